The van der Waals surface area contributed by atoms with Crippen molar-refractivity contribution in [2.45, 2.75) is 20.0 Å². The molecule has 16 heavy (non-hydrogen) atoms. The van der Waals surface area contributed by atoms with Crippen molar-refractivity contribution in [2.24, 2.45) is 0 Å². The molecule has 0 saturated carbocycles. The standard InChI is InChI=1S/C12H13N3O/c1-2-9-6-15-10-4-3-8(13)5-11(10)16-7-12(15)14-9/h3-6H,2,7,13H2,1H3. The van der Waals surface area contributed by atoms with Crippen LogP contribution in [0.25, 0.3) is 5.69 Å². The number of imidazole rings is 1. The number of anilines is 1. The van der Waals surface area contributed by atoms with Crippen LogP contribution in [-0.2, 0) is 13.0 Å². The molecule has 0 bridgehead atoms. The van der Waals surface area contributed by atoms with Crippen LogP contribution in [0, 0.1) is 0 Å². The number of hydrogen-bond acceptors (Lipinski definition) is 3. The molecule has 0 aliphatic carbocycles. The van der Waals surface area contributed by atoms with Gasteiger partial charge in [-0.3, -0.25) is 4.57 Å². The molecule has 1 aliphatic rings. The summed E-state index contributed by atoms with van der Waals surface area (Å²) in [4.78, 5) is 4.50. The third-order valence-electron chi connectivity index (χ3n) is 2.79. The van der Waals surface area contributed by atoms with Gasteiger partial charge in [0.05, 0.1) is 11.4 Å². The van der Waals surface area contributed by atoms with E-state index < -0.39 is 0 Å². The van der Waals surface area contributed by atoms with E-state index in [0.717, 1.165) is 35.1 Å². The fourth-order valence-corrected chi connectivity index (χ4v) is 1.94. The van der Waals surface area contributed by atoms with Crippen LogP contribution in [0.3, 0.4) is 0 Å². The molecule has 2 aromatic rings. The Morgan fingerprint density at radius 2 is 2.38 bits per heavy atom. The van der Waals surface area contributed by atoms with Gasteiger partial charge in [0.25, 0.3) is 0 Å². The van der Waals surface area contributed by atoms with Crippen LogP contribution in [0.4, 0.5) is 5.69 Å². The minimum atomic E-state index is 0.510. The Bertz CT molecular complexity index is 545. The van der Waals surface area contributed by atoms with E-state index in [1.54, 1.807) is 0 Å². The fraction of sp³-hybridized carbons (Fsp3) is 0.250. The summed E-state index contributed by atoms with van der Waals surface area (Å²) in [6, 6.07) is 5.70. The molecule has 0 radical (unpaired) electrons. The van der Waals surface area contributed by atoms with Crippen LogP contribution in [0.15, 0.2) is 24.4 Å². The lowest BCUT2D eigenvalue weighted by Crippen LogP contribution is -2.12. The zero-order chi connectivity index (χ0) is 11.1. The second kappa shape index (κ2) is 3.27. The van der Waals surface area contributed by atoms with Crippen LogP contribution in [0.1, 0.15) is 18.4 Å². The predicted octanol–water partition coefficient (Wildman–Crippen LogP) is 1.91. The van der Waals surface area contributed by atoms with Crippen LogP contribution >= 0.6 is 0 Å². The van der Waals surface area contributed by atoms with Crippen LogP contribution < -0.4 is 10.5 Å². The quantitative estimate of drug-likeness (QED) is 0.739. The third-order valence-corrected chi connectivity index (χ3v) is 2.79. The van der Waals surface area contributed by atoms with Gasteiger partial charge in [-0.2, -0.15) is 0 Å². The molecule has 82 valence electrons. The highest BCUT2D eigenvalue weighted by Gasteiger charge is 2.18. The molecular formula is C12H13N3O. The molecule has 1 aliphatic heterocycles. The highest BCUT2D eigenvalue weighted by atomic mass is 16.5. The fourth-order valence-electron chi connectivity index (χ4n) is 1.94. The highest BCUT2D eigenvalue weighted by Crippen LogP contribution is 2.31. The van der Waals surface area contributed by atoms with Gasteiger partial charge in [-0.05, 0) is 18.6 Å². The maximum absolute atomic E-state index is 5.73. The van der Waals surface area contributed by atoms with Crippen molar-refractivity contribution in [3.8, 4) is 11.4 Å². The number of benzene rings is 1. The minimum Gasteiger partial charge on any atom is -0.483 e. The van der Waals surface area contributed by atoms with Crippen molar-refractivity contribution in [3.63, 3.8) is 0 Å². The molecule has 1 aromatic carbocycles. The summed E-state index contributed by atoms with van der Waals surface area (Å²) in [5.74, 6) is 1.78. The minimum absolute atomic E-state index is 0.510. The molecule has 0 spiro atoms. The number of fused-ring (bicyclic) bond motifs is 3. The summed E-state index contributed by atoms with van der Waals surface area (Å²) in [6.45, 7) is 2.61. The van der Waals surface area contributed by atoms with Gasteiger partial charge in [0.1, 0.15) is 12.4 Å². The Morgan fingerprint density at radius 1 is 1.50 bits per heavy atom. The van der Waals surface area contributed by atoms with Crippen molar-refractivity contribution in [1.29, 1.82) is 0 Å². The smallest absolute Gasteiger partial charge is 0.151 e. The van der Waals surface area contributed by atoms with Gasteiger partial charge in [0.2, 0.25) is 0 Å². The van der Waals surface area contributed by atoms with Gasteiger partial charge < -0.3 is 10.5 Å². The van der Waals surface area contributed by atoms with E-state index in [0.29, 0.717) is 6.61 Å². The lowest BCUT2D eigenvalue weighted by molar-refractivity contribution is 0.280. The van der Waals surface area contributed by atoms with Crippen molar-refractivity contribution < 1.29 is 4.74 Å². The number of nitrogens with zero attached hydrogens (tertiary/aromatic N) is 2. The molecule has 0 fully saturated rings. The molecule has 4 heteroatoms. The summed E-state index contributed by atoms with van der Waals surface area (Å²) >= 11 is 0. The highest BCUT2D eigenvalue weighted by molar-refractivity contribution is 5.57. The number of rotatable bonds is 1. The number of nitrogens with two attached hydrogens (primary N) is 1. The summed E-state index contributed by atoms with van der Waals surface area (Å²) in [7, 11) is 0. The molecule has 1 aromatic heterocycles. The SMILES string of the molecule is CCc1cn2c(n1)COc1cc(N)ccc1-2. The molecule has 3 rings (SSSR count). The predicted molar refractivity (Wildman–Crippen MR) is 61.7 cm³/mol. The van der Waals surface area contributed by atoms with Crippen LogP contribution in [-0.4, -0.2) is 9.55 Å². The summed E-state index contributed by atoms with van der Waals surface area (Å²) in [5, 5.41) is 0. The van der Waals surface area contributed by atoms with Gasteiger partial charge in [0, 0.05) is 18.0 Å². The Hall–Kier alpha value is -1.97. The number of ether oxygens (including phenoxy) is 1. The average molecular weight is 215 g/mol. The second-order valence-electron chi connectivity index (χ2n) is 3.89. The summed E-state index contributed by atoms with van der Waals surface area (Å²) in [5.41, 5.74) is 8.55. The molecule has 2 heterocycles. The van der Waals surface area contributed by atoms with Gasteiger partial charge in [-0.1, -0.05) is 6.92 Å². The first-order chi connectivity index (χ1) is 7.78. The number of nitrogen functional groups attached to an aromatic ring is 1. The number of aryl methyl sites for hydroxylation is 1. The van der Waals surface area contributed by atoms with Gasteiger partial charge in [-0.25, -0.2) is 4.98 Å². The Morgan fingerprint density at radius 3 is 3.19 bits per heavy atom. The molecular weight excluding hydrogens is 202 g/mol. The molecule has 0 amide bonds. The van der Waals surface area contributed by atoms with Crippen molar-refractivity contribution in [1.82, 2.24) is 9.55 Å². The van der Waals surface area contributed by atoms with Crippen LogP contribution in [0.2, 0.25) is 0 Å². The van der Waals surface area contributed by atoms with E-state index in [1.165, 1.54) is 0 Å². The first-order valence-corrected chi connectivity index (χ1v) is 5.38. The molecule has 4 nitrogen and oxygen atoms in total. The van der Waals surface area contributed by atoms with E-state index in [1.807, 2.05) is 18.2 Å². The maximum atomic E-state index is 5.73. The topological polar surface area (TPSA) is 53.1 Å². The Balaban J connectivity index is 2.18. The van der Waals surface area contributed by atoms with Crippen molar-refractivity contribution >= 4 is 5.69 Å². The number of aromatic nitrogens is 2. The first-order valence-electron chi connectivity index (χ1n) is 5.38. The molecule has 0 saturated heterocycles. The first kappa shape index (κ1) is 9.27. The van der Waals surface area contributed by atoms with Crippen molar-refractivity contribution in [3.05, 3.63) is 35.9 Å². The lowest BCUT2D eigenvalue weighted by atomic mass is 10.2. The van der Waals surface area contributed by atoms with E-state index in [9.17, 15) is 0 Å². The lowest BCUT2D eigenvalue weighted by Gasteiger charge is -2.19. The van der Waals surface area contributed by atoms with Crippen LogP contribution in [0.5, 0.6) is 5.75 Å². The normalized spacial score (nSPS) is 12.8. The monoisotopic (exact) mass is 215 g/mol. The largest absolute Gasteiger partial charge is 0.483 e. The molecule has 2 N–H and O–H groups in total. The third kappa shape index (κ3) is 1.26. The van der Waals surface area contributed by atoms with Gasteiger partial charge in [0.15, 0.2) is 5.82 Å². The number of hydrogen-bond donors (Lipinski definition) is 1. The summed E-state index contributed by atoms with van der Waals surface area (Å²) < 4.78 is 7.71. The Labute approximate surface area is 93.7 Å². The van der Waals surface area contributed by atoms with Gasteiger partial charge >= 0.3 is 0 Å². The molecule has 0 atom stereocenters. The van der Waals surface area contributed by atoms with E-state index in [2.05, 4.69) is 22.7 Å². The Kier molecular flexibility index (Phi) is 1.89. The van der Waals surface area contributed by atoms with Crippen molar-refractivity contribution in [2.75, 3.05) is 5.73 Å². The zero-order valence-corrected chi connectivity index (χ0v) is 9.10. The average Bonchev–Trinajstić information content (AvgIpc) is 2.71. The molecule has 0 unspecified atom stereocenters. The van der Waals surface area contributed by atoms with E-state index in [-0.39, 0.29) is 0 Å². The van der Waals surface area contributed by atoms with E-state index in [4.69, 9.17) is 10.5 Å². The maximum Gasteiger partial charge on any atom is 0.151 e. The zero-order valence-electron chi connectivity index (χ0n) is 9.10. The summed E-state index contributed by atoms with van der Waals surface area (Å²) in [6.07, 6.45) is 3.00. The second-order valence-corrected chi connectivity index (χ2v) is 3.89. The van der Waals surface area contributed by atoms with Gasteiger partial charge in [-0.15, -0.1) is 0 Å². The van der Waals surface area contributed by atoms with E-state index >= 15 is 0 Å².